The minimum atomic E-state index is -0.904. The maximum Gasteiger partial charge on any atom is 0.340 e. The molecule has 0 saturated carbocycles. The third kappa shape index (κ3) is 3.24. The molecule has 1 atom stereocenters. The first-order chi connectivity index (χ1) is 13.0. The number of esters is 1. The second-order valence-corrected chi connectivity index (χ2v) is 5.74. The van der Waals surface area contributed by atoms with Crippen molar-refractivity contribution >= 4 is 23.3 Å². The van der Waals surface area contributed by atoms with Gasteiger partial charge in [0.05, 0.1) is 17.6 Å². The molecule has 0 bridgehead atoms. The summed E-state index contributed by atoms with van der Waals surface area (Å²) in [6.45, 7) is 1.71. The van der Waals surface area contributed by atoms with Crippen LogP contribution in [0.15, 0.2) is 65.9 Å². The van der Waals surface area contributed by atoms with Crippen molar-refractivity contribution in [2.45, 2.75) is 13.0 Å². The Kier molecular flexibility index (Phi) is 4.89. The van der Waals surface area contributed by atoms with Gasteiger partial charge in [0.1, 0.15) is 5.57 Å². The zero-order chi connectivity index (χ0) is 19.6. The second-order valence-electron chi connectivity index (χ2n) is 5.74. The van der Waals surface area contributed by atoms with Gasteiger partial charge in [0.25, 0.3) is 11.6 Å². The van der Waals surface area contributed by atoms with Crippen LogP contribution in [0.4, 0.5) is 11.4 Å². The van der Waals surface area contributed by atoms with Gasteiger partial charge in [-0.15, -0.1) is 0 Å². The summed E-state index contributed by atoms with van der Waals surface area (Å²) in [6, 6.07) is 13.1. The van der Waals surface area contributed by atoms with Crippen LogP contribution in [-0.2, 0) is 14.3 Å². The van der Waals surface area contributed by atoms with Gasteiger partial charge < -0.3 is 9.84 Å². The summed E-state index contributed by atoms with van der Waals surface area (Å²) in [7, 11) is 0. The lowest BCUT2D eigenvalue weighted by molar-refractivity contribution is -0.384. The Morgan fingerprint density at radius 2 is 1.81 bits per heavy atom. The first-order valence-electron chi connectivity index (χ1n) is 8.19. The van der Waals surface area contributed by atoms with E-state index in [0.29, 0.717) is 11.3 Å². The van der Waals surface area contributed by atoms with Crippen LogP contribution in [0.1, 0.15) is 18.5 Å². The molecule has 1 N–H and O–H groups in total. The van der Waals surface area contributed by atoms with Gasteiger partial charge in [0, 0.05) is 17.8 Å². The maximum atomic E-state index is 12.7. The van der Waals surface area contributed by atoms with Gasteiger partial charge in [0.2, 0.25) is 0 Å². The quantitative estimate of drug-likeness (QED) is 0.493. The topological polar surface area (TPSA) is 110 Å². The van der Waals surface area contributed by atoms with Crippen LogP contribution in [0.25, 0.3) is 0 Å². The molecule has 0 fully saturated rings. The number of aliphatic hydroxyl groups excluding tert-OH is 1. The van der Waals surface area contributed by atoms with Gasteiger partial charge in [-0.1, -0.05) is 30.3 Å². The van der Waals surface area contributed by atoms with E-state index in [-0.39, 0.29) is 17.9 Å². The third-order valence-corrected chi connectivity index (χ3v) is 4.16. The smallest absolute Gasteiger partial charge is 0.340 e. The van der Waals surface area contributed by atoms with E-state index in [0.717, 1.165) is 0 Å². The number of non-ortho nitro benzene ring substituents is 1. The summed E-state index contributed by atoms with van der Waals surface area (Å²) in [6.07, 6.45) is 0. The van der Waals surface area contributed by atoms with Gasteiger partial charge in [-0.3, -0.25) is 19.8 Å². The average Bonchev–Trinajstić information content (AvgIpc) is 2.94. The molecule has 0 saturated heterocycles. The van der Waals surface area contributed by atoms with Crippen molar-refractivity contribution < 1.29 is 24.4 Å². The highest BCUT2D eigenvalue weighted by Gasteiger charge is 2.45. The molecule has 3 rings (SSSR count). The molecule has 2 aromatic rings. The Morgan fingerprint density at radius 3 is 2.37 bits per heavy atom. The minimum absolute atomic E-state index is 0.0862. The van der Waals surface area contributed by atoms with Gasteiger partial charge in [0.15, 0.2) is 5.76 Å². The third-order valence-electron chi connectivity index (χ3n) is 4.16. The Balaban J connectivity index is 2.11. The molecule has 0 aromatic heterocycles. The van der Waals surface area contributed by atoms with Crippen molar-refractivity contribution in [3.63, 3.8) is 0 Å². The number of anilines is 1. The standard InChI is InChI=1S/C19H16N2O6/c1-2-27-19(24)15-16(12-6-4-3-5-7-12)20(18(23)17(15)22)13-8-10-14(11-9-13)21(25)26/h3-11,16,22H,2H2,1H3/t16-/m1/s1. The fraction of sp³-hybridized carbons (Fsp3) is 0.158. The largest absolute Gasteiger partial charge is 0.503 e. The summed E-state index contributed by atoms with van der Waals surface area (Å²) >= 11 is 0. The zero-order valence-electron chi connectivity index (χ0n) is 14.4. The number of carbonyl (C=O) groups is 2. The van der Waals surface area contributed by atoms with Gasteiger partial charge in [-0.25, -0.2) is 4.79 Å². The number of hydrogen-bond acceptors (Lipinski definition) is 6. The van der Waals surface area contributed by atoms with E-state index < -0.39 is 28.6 Å². The Labute approximate surface area is 154 Å². The summed E-state index contributed by atoms with van der Waals surface area (Å²) in [5, 5.41) is 21.2. The SMILES string of the molecule is CCOC(=O)C1=C(O)C(=O)N(c2ccc([N+](=O)[O-])cc2)[C@@H]1c1ccccc1. The molecule has 1 heterocycles. The van der Waals surface area contributed by atoms with Crippen LogP contribution in [0.3, 0.4) is 0 Å². The van der Waals surface area contributed by atoms with E-state index in [1.165, 1.54) is 29.2 Å². The Bertz CT molecular complexity index is 921. The molecule has 1 amide bonds. The lowest BCUT2D eigenvalue weighted by atomic mass is 9.99. The van der Waals surface area contributed by atoms with Crippen molar-refractivity contribution in [3.8, 4) is 0 Å². The highest BCUT2D eigenvalue weighted by molar-refractivity contribution is 6.15. The fourth-order valence-electron chi connectivity index (χ4n) is 2.97. The monoisotopic (exact) mass is 368 g/mol. The lowest BCUT2D eigenvalue weighted by Crippen LogP contribution is -2.31. The summed E-state index contributed by atoms with van der Waals surface area (Å²) in [5.41, 5.74) is 0.609. The number of rotatable bonds is 5. The predicted molar refractivity (Wildman–Crippen MR) is 96.1 cm³/mol. The number of ether oxygens (including phenoxy) is 1. The minimum Gasteiger partial charge on any atom is -0.503 e. The van der Waals surface area contributed by atoms with Crippen LogP contribution >= 0.6 is 0 Å². The molecule has 1 aliphatic heterocycles. The number of aliphatic hydroxyl groups is 1. The van der Waals surface area contributed by atoms with E-state index in [1.807, 2.05) is 0 Å². The molecule has 27 heavy (non-hydrogen) atoms. The van der Waals surface area contributed by atoms with E-state index in [9.17, 15) is 24.8 Å². The van der Waals surface area contributed by atoms with Crippen LogP contribution in [0, 0.1) is 10.1 Å². The van der Waals surface area contributed by atoms with Crippen LogP contribution in [0.2, 0.25) is 0 Å². The number of nitrogens with zero attached hydrogens (tertiary/aromatic N) is 2. The van der Waals surface area contributed by atoms with E-state index in [2.05, 4.69) is 0 Å². The molecule has 1 aliphatic rings. The normalized spacial score (nSPS) is 16.6. The summed E-state index contributed by atoms with van der Waals surface area (Å²) in [5.74, 6) is -2.26. The number of nitro groups is 1. The summed E-state index contributed by atoms with van der Waals surface area (Å²) < 4.78 is 5.01. The van der Waals surface area contributed by atoms with Crippen LogP contribution in [-0.4, -0.2) is 28.5 Å². The van der Waals surface area contributed by atoms with Crippen molar-refractivity contribution in [2.24, 2.45) is 0 Å². The molecule has 138 valence electrons. The van der Waals surface area contributed by atoms with E-state index >= 15 is 0 Å². The van der Waals surface area contributed by atoms with E-state index in [4.69, 9.17) is 4.74 Å². The molecular formula is C19H16N2O6. The molecule has 0 radical (unpaired) electrons. The Morgan fingerprint density at radius 1 is 1.19 bits per heavy atom. The van der Waals surface area contributed by atoms with Crippen molar-refractivity contribution in [3.05, 3.63) is 81.6 Å². The first-order valence-corrected chi connectivity index (χ1v) is 8.19. The maximum absolute atomic E-state index is 12.7. The van der Waals surface area contributed by atoms with Gasteiger partial charge in [-0.2, -0.15) is 0 Å². The molecule has 0 spiro atoms. The molecule has 0 aliphatic carbocycles. The number of benzene rings is 2. The number of nitro benzene ring substituents is 1. The molecular weight excluding hydrogens is 352 g/mol. The van der Waals surface area contributed by atoms with Crippen LogP contribution < -0.4 is 4.90 Å². The molecule has 0 unspecified atom stereocenters. The fourth-order valence-corrected chi connectivity index (χ4v) is 2.97. The van der Waals surface area contributed by atoms with Crippen molar-refractivity contribution in [1.82, 2.24) is 0 Å². The second kappa shape index (κ2) is 7.28. The zero-order valence-corrected chi connectivity index (χ0v) is 14.4. The summed E-state index contributed by atoms with van der Waals surface area (Å²) in [4.78, 5) is 36.6. The van der Waals surface area contributed by atoms with Crippen molar-refractivity contribution in [1.29, 1.82) is 0 Å². The Hall–Kier alpha value is -3.68. The highest BCUT2D eigenvalue weighted by atomic mass is 16.6. The molecule has 8 nitrogen and oxygen atoms in total. The number of amides is 1. The lowest BCUT2D eigenvalue weighted by Gasteiger charge is -2.26. The highest BCUT2D eigenvalue weighted by Crippen LogP contribution is 2.41. The molecule has 2 aromatic carbocycles. The van der Waals surface area contributed by atoms with Gasteiger partial charge >= 0.3 is 5.97 Å². The first kappa shape index (κ1) is 18.1. The van der Waals surface area contributed by atoms with Crippen molar-refractivity contribution in [2.75, 3.05) is 11.5 Å². The van der Waals surface area contributed by atoms with Crippen LogP contribution in [0.5, 0.6) is 0 Å². The molecule has 8 heteroatoms. The van der Waals surface area contributed by atoms with E-state index in [1.54, 1.807) is 37.3 Å². The van der Waals surface area contributed by atoms with Gasteiger partial charge in [-0.05, 0) is 24.6 Å². The number of carbonyl (C=O) groups excluding carboxylic acids is 2. The number of hydrogen-bond donors (Lipinski definition) is 1. The predicted octanol–water partition coefficient (Wildman–Crippen LogP) is 3.06. The average molecular weight is 368 g/mol.